The molecule has 1 saturated carbocycles. The number of ether oxygens (including phenoxy) is 1. The minimum atomic E-state index is -0.596. The second-order valence-electron chi connectivity index (χ2n) is 16.5. The molecule has 57 heavy (non-hydrogen) atoms. The van der Waals surface area contributed by atoms with Crippen LogP contribution in [0.4, 0.5) is 11.4 Å². The van der Waals surface area contributed by atoms with Crippen LogP contribution in [0.25, 0.3) is 0 Å². The van der Waals surface area contributed by atoms with Crippen molar-refractivity contribution < 1.29 is 23.9 Å². The van der Waals surface area contributed by atoms with Crippen LogP contribution in [0.5, 0.6) is 5.75 Å². The van der Waals surface area contributed by atoms with Gasteiger partial charge in [0.2, 0.25) is 11.8 Å². The van der Waals surface area contributed by atoms with E-state index in [2.05, 4.69) is 49.2 Å². The molecular weight excluding hydrogens is 742 g/mol. The Morgan fingerprint density at radius 1 is 0.719 bits per heavy atom. The number of nitrogens with one attached hydrogen (secondary N) is 1. The van der Waals surface area contributed by atoms with Gasteiger partial charge in [-0.2, -0.15) is 5.26 Å². The summed E-state index contributed by atoms with van der Waals surface area (Å²) >= 11 is 6.20. The van der Waals surface area contributed by atoms with Gasteiger partial charge in [-0.3, -0.25) is 29.4 Å². The predicted octanol–water partition coefficient (Wildman–Crippen LogP) is 5.36. The van der Waals surface area contributed by atoms with Crippen molar-refractivity contribution in [2.75, 3.05) is 55.6 Å². The Hall–Kier alpha value is -5.12. The maximum absolute atomic E-state index is 13.5. The summed E-state index contributed by atoms with van der Waals surface area (Å²) in [5.41, 5.74) is 6.33. The lowest BCUT2D eigenvalue weighted by molar-refractivity contribution is -0.136. The van der Waals surface area contributed by atoms with Crippen molar-refractivity contribution in [2.45, 2.75) is 82.6 Å². The Bertz CT molecular complexity index is 2130. The summed E-state index contributed by atoms with van der Waals surface area (Å²) < 4.78 is 6.19. The van der Waals surface area contributed by atoms with Crippen LogP contribution in [0.15, 0.2) is 54.6 Å². The maximum Gasteiger partial charge on any atom is 0.255 e. The molecule has 1 aliphatic carbocycles. The average Bonchev–Trinajstić information content (AvgIpc) is 3.73. The van der Waals surface area contributed by atoms with Gasteiger partial charge in [-0.05, 0) is 111 Å². The number of nitriles is 1. The molecule has 3 saturated heterocycles. The van der Waals surface area contributed by atoms with Crippen LogP contribution >= 0.6 is 11.6 Å². The Balaban J connectivity index is 0.722. The van der Waals surface area contributed by atoms with E-state index in [1.165, 1.54) is 5.69 Å². The quantitative estimate of drug-likeness (QED) is 0.300. The summed E-state index contributed by atoms with van der Waals surface area (Å²) in [5.74, 6) is 0.670. The molecule has 0 aromatic heterocycles. The number of amides is 4. The Labute approximate surface area is 338 Å². The number of nitrogens with zero attached hydrogens (tertiary/aromatic N) is 6. The number of carbonyl (C=O) groups excluding carboxylic acids is 4. The predicted molar refractivity (Wildman–Crippen MR) is 215 cm³/mol. The number of benzene rings is 3. The third-order valence-corrected chi connectivity index (χ3v) is 13.4. The molecule has 9 rings (SSSR count). The molecule has 1 atom stereocenters. The Morgan fingerprint density at radius 3 is 1.98 bits per heavy atom. The minimum absolute atomic E-state index is 0.0656. The molecule has 5 aliphatic heterocycles. The van der Waals surface area contributed by atoms with Crippen molar-refractivity contribution in [1.29, 1.82) is 5.26 Å². The second kappa shape index (κ2) is 15.7. The fourth-order valence-corrected chi connectivity index (χ4v) is 10.0. The number of piperidine rings is 2. The summed E-state index contributed by atoms with van der Waals surface area (Å²) in [4.78, 5) is 61.9. The molecule has 0 spiro atoms. The fourth-order valence-electron chi connectivity index (χ4n) is 9.83. The number of rotatable bonds is 8. The fraction of sp³-hybridized carbons (Fsp3) is 0.477. The van der Waals surface area contributed by atoms with E-state index in [0.717, 1.165) is 107 Å². The van der Waals surface area contributed by atoms with E-state index in [1.54, 1.807) is 23.1 Å². The van der Waals surface area contributed by atoms with Crippen molar-refractivity contribution in [3.05, 3.63) is 87.4 Å². The summed E-state index contributed by atoms with van der Waals surface area (Å²) in [6.07, 6.45) is 6.45. The van der Waals surface area contributed by atoms with Crippen LogP contribution in [-0.4, -0.2) is 102 Å². The molecule has 0 bridgehead atoms. The van der Waals surface area contributed by atoms with Gasteiger partial charge in [-0.25, -0.2) is 0 Å². The zero-order valence-electron chi connectivity index (χ0n) is 32.1. The van der Waals surface area contributed by atoms with Gasteiger partial charge in [0, 0.05) is 99.9 Å². The number of hydrogen-bond donors (Lipinski definition) is 1. The molecule has 6 aliphatic rings. The first-order valence-corrected chi connectivity index (χ1v) is 20.9. The first-order valence-electron chi connectivity index (χ1n) is 20.5. The van der Waals surface area contributed by atoms with Gasteiger partial charge in [0.1, 0.15) is 17.9 Å². The van der Waals surface area contributed by atoms with E-state index < -0.39 is 6.04 Å². The number of anilines is 2. The average molecular weight is 790 g/mol. The molecule has 5 heterocycles. The Morgan fingerprint density at radius 2 is 1.35 bits per heavy atom. The van der Waals surface area contributed by atoms with Crippen molar-refractivity contribution in [1.82, 2.24) is 20.0 Å². The van der Waals surface area contributed by atoms with Crippen molar-refractivity contribution in [3.8, 4) is 11.8 Å². The molecule has 1 N–H and O–H groups in total. The van der Waals surface area contributed by atoms with Gasteiger partial charge in [-0.1, -0.05) is 11.6 Å². The van der Waals surface area contributed by atoms with E-state index in [9.17, 15) is 19.2 Å². The topological polar surface area (TPSA) is 130 Å². The van der Waals surface area contributed by atoms with E-state index in [1.807, 2.05) is 18.2 Å². The van der Waals surface area contributed by atoms with Crippen LogP contribution in [0.3, 0.4) is 0 Å². The number of halogens is 1. The molecular formula is C44H48ClN7O5. The highest BCUT2D eigenvalue weighted by atomic mass is 35.5. The van der Waals surface area contributed by atoms with Crippen LogP contribution in [-0.2, 0) is 22.7 Å². The minimum Gasteiger partial charge on any atom is -0.490 e. The van der Waals surface area contributed by atoms with Crippen molar-refractivity contribution >= 4 is 46.6 Å². The maximum atomic E-state index is 13.5. The molecule has 3 aromatic carbocycles. The van der Waals surface area contributed by atoms with Crippen molar-refractivity contribution in [3.63, 3.8) is 0 Å². The highest BCUT2D eigenvalue weighted by Crippen LogP contribution is 2.36. The highest BCUT2D eigenvalue weighted by Gasteiger charge is 2.40. The summed E-state index contributed by atoms with van der Waals surface area (Å²) in [6.45, 7) is 8.08. The first-order chi connectivity index (χ1) is 27.7. The molecule has 1 unspecified atom stereocenters. The molecule has 296 valence electrons. The van der Waals surface area contributed by atoms with E-state index >= 15 is 0 Å². The lowest BCUT2D eigenvalue weighted by atomic mass is 9.92. The van der Waals surface area contributed by atoms with Crippen LogP contribution in [0.1, 0.15) is 88.8 Å². The number of piperazine rings is 1. The van der Waals surface area contributed by atoms with Crippen LogP contribution in [0.2, 0.25) is 5.02 Å². The van der Waals surface area contributed by atoms with E-state index in [0.29, 0.717) is 47.3 Å². The van der Waals surface area contributed by atoms with Gasteiger partial charge in [0.05, 0.1) is 16.7 Å². The molecule has 0 radical (unpaired) electrons. The molecule has 4 amide bonds. The smallest absolute Gasteiger partial charge is 0.255 e. The van der Waals surface area contributed by atoms with Crippen molar-refractivity contribution in [2.24, 2.45) is 5.92 Å². The number of hydrogen-bond acceptors (Lipinski definition) is 9. The monoisotopic (exact) mass is 789 g/mol. The third kappa shape index (κ3) is 7.55. The normalized spacial score (nSPS) is 24.4. The van der Waals surface area contributed by atoms with Gasteiger partial charge in [0.25, 0.3) is 11.8 Å². The van der Waals surface area contributed by atoms with Gasteiger partial charge in [-0.15, -0.1) is 0 Å². The summed E-state index contributed by atoms with van der Waals surface area (Å²) in [6, 6.07) is 19.3. The van der Waals surface area contributed by atoms with Crippen LogP contribution < -0.4 is 19.9 Å². The van der Waals surface area contributed by atoms with E-state index in [4.69, 9.17) is 21.6 Å². The standard InChI is InChI=1S/C44H48ClN7O5/c45-39-23-36(6-1-29(39)24-46)57-35-7-2-32(3-8-35)51-26-30-21-34(5-9-37(30)43(51)55)50-19-17-48(18-20-50)25-28-13-15-49(16-14-28)33-4-10-38-31(22-33)27-52(44(38)56)40-11-12-41(53)47-42(40)54/h1,4-6,9-10,21-23,28,32,35,40H,2-3,7-8,11-20,25-27H2,(H,47,53,54). The lowest BCUT2D eigenvalue weighted by Gasteiger charge is -2.40. The lowest BCUT2D eigenvalue weighted by Crippen LogP contribution is -2.52. The van der Waals surface area contributed by atoms with Gasteiger partial charge >= 0.3 is 0 Å². The zero-order valence-corrected chi connectivity index (χ0v) is 32.9. The third-order valence-electron chi connectivity index (χ3n) is 13.1. The molecule has 4 fully saturated rings. The van der Waals surface area contributed by atoms with Gasteiger partial charge in [0.15, 0.2) is 0 Å². The van der Waals surface area contributed by atoms with Gasteiger partial charge < -0.3 is 24.3 Å². The summed E-state index contributed by atoms with van der Waals surface area (Å²) in [5, 5.41) is 11.9. The number of fused-ring (bicyclic) bond motifs is 2. The molecule has 3 aromatic rings. The van der Waals surface area contributed by atoms with Crippen LogP contribution in [0, 0.1) is 17.2 Å². The Kier molecular flexibility index (Phi) is 10.3. The largest absolute Gasteiger partial charge is 0.490 e. The number of carbonyl (C=O) groups is 4. The molecule has 12 nitrogen and oxygen atoms in total. The molecule has 13 heteroatoms. The first kappa shape index (κ1) is 37.5. The highest BCUT2D eigenvalue weighted by molar-refractivity contribution is 6.31. The SMILES string of the molecule is N#Cc1ccc(OC2CCC(N3Cc4cc(N5CCN(CC6CCN(c7ccc8c(c7)CN(C7CCC(=O)NC7=O)C8=O)CC6)CC5)ccc4C3=O)CC2)cc1Cl. The summed E-state index contributed by atoms with van der Waals surface area (Å²) in [7, 11) is 0. The second-order valence-corrected chi connectivity index (χ2v) is 16.9. The zero-order chi connectivity index (χ0) is 39.2. The number of imide groups is 1. The van der Waals surface area contributed by atoms with E-state index in [-0.39, 0.29) is 42.2 Å².